The van der Waals surface area contributed by atoms with Crippen molar-refractivity contribution in [3.8, 4) is 17.0 Å². The van der Waals surface area contributed by atoms with Gasteiger partial charge in [-0.2, -0.15) is 0 Å². The molecule has 5 nitrogen and oxygen atoms in total. The molecular weight excluding hydrogens is 433 g/mol. The number of aromatic nitrogens is 1. The molecule has 2 N–H and O–H groups in total. The van der Waals surface area contributed by atoms with Gasteiger partial charge in [-0.25, -0.2) is 4.98 Å². The number of carbonyl (C=O) groups excluding carboxylic acids is 1. The summed E-state index contributed by atoms with van der Waals surface area (Å²) in [4.78, 5) is 18.1. The van der Waals surface area contributed by atoms with Crippen molar-refractivity contribution < 1.29 is 9.53 Å². The molecule has 3 heterocycles. The normalized spacial score (nSPS) is 21.6. The average Bonchev–Trinajstić information content (AvgIpc) is 3.11. The molecule has 2 bridgehead atoms. The first kappa shape index (κ1) is 23.3. The molecule has 0 radical (unpaired) electrons. The summed E-state index contributed by atoms with van der Waals surface area (Å²) in [6.45, 7) is 0. The third kappa shape index (κ3) is 4.79. The maximum absolute atomic E-state index is 13.3. The van der Waals surface area contributed by atoms with Gasteiger partial charge in [0.15, 0.2) is 0 Å². The quantitative estimate of drug-likeness (QED) is 0.589. The highest BCUT2D eigenvalue weighted by atomic mass is 35.5. The lowest BCUT2D eigenvalue weighted by molar-refractivity contribution is 0.0925. The van der Waals surface area contributed by atoms with E-state index in [4.69, 9.17) is 9.72 Å². The number of halogens is 2. The Labute approximate surface area is 194 Å². The minimum Gasteiger partial charge on any atom is -0.497 e. The Morgan fingerprint density at radius 1 is 1.03 bits per heavy atom. The number of nitrogens with one attached hydrogen (secondary N) is 2. The average molecular weight is 460 g/mol. The van der Waals surface area contributed by atoms with E-state index in [9.17, 15) is 4.79 Å². The molecule has 0 aliphatic carbocycles. The van der Waals surface area contributed by atoms with Crippen molar-refractivity contribution in [1.29, 1.82) is 0 Å². The molecule has 0 spiro atoms. The van der Waals surface area contributed by atoms with E-state index in [1.807, 2.05) is 54.6 Å². The number of para-hydroxylation sites is 1. The van der Waals surface area contributed by atoms with Crippen LogP contribution in [0.4, 0.5) is 0 Å². The second kappa shape index (κ2) is 9.86. The van der Waals surface area contributed by atoms with Gasteiger partial charge in [0.1, 0.15) is 5.75 Å². The molecule has 164 valence electrons. The van der Waals surface area contributed by atoms with Crippen LogP contribution in [0.25, 0.3) is 22.2 Å². The van der Waals surface area contributed by atoms with Crippen LogP contribution < -0.4 is 15.4 Å². The van der Waals surface area contributed by atoms with E-state index in [1.54, 1.807) is 7.11 Å². The molecule has 2 aromatic carbocycles. The van der Waals surface area contributed by atoms with Crippen molar-refractivity contribution in [1.82, 2.24) is 15.6 Å². The van der Waals surface area contributed by atoms with E-state index in [1.165, 1.54) is 12.8 Å². The Balaban J connectivity index is 0.00000136. The third-order valence-corrected chi connectivity index (χ3v) is 6.15. The van der Waals surface area contributed by atoms with Crippen LogP contribution in [0.3, 0.4) is 0 Å². The number of nitrogens with zero attached hydrogens (tertiary/aromatic N) is 1. The number of amides is 1. The summed E-state index contributed by atoms with van der Waals surface area (Å²) in [6, 6.07) is 18.9. The van der Waals surface area contributed by atoms with Crippen LogP contribution in [0.1, 0.15) is 36.0 Å². The lowest BCUT2D eigenvalue weighted by atomic mass is 9.98. The summed E-state index contributed by atoms with van der Waals surface area (Å²) in [5, 5.41) is 7.82. The first-order valence-electron chi connectivity index (χ1n) is 10.3. The third-order valence-electron chi connectivity index (χ3n) is 6.15. The smallest absolute Gasteiger partial charge is 0.252 e. The zero-order valence-corrected chi connectivity index (χ0v) is 19.0. The molecule has 3 aromatic rings. The predicted octanol–water partition coefficient (Wildman–Crippen LogP) is 4.77. The van der Waals surface area contributed by atoms with Gasteiger partial charge in [-0.15, -0.1) is 24.8 Å². The van der Waals surface area contributed by atoms with Crippen molar-refractivity contribution in [3.05, 3.63) is 60.2 Å². The Morgan fingerprint density at radius 3 is 2.39 bits per heavy atom. The SMILES string of the molecule is COc1ccc(-c2cc(C(=O)NC3CC4CCC(C3)N4)c3ccccc3n2)cc1.Cl.Cl. The maximum Gasteiger partial charge on any atom is 0.252 e. The van der Waals surface area contributed by atoms with Crippen molar-refractivity contribution in [2.45, 2.75) is 43.8 Å². The first-order valence-corrected chi connectivity index (χ1v) is 10.3. The Morgan fingerprint density at radius 2 is 1.71 bits per heavy atom. The number of methoxy groups -OCH3 is 1. The van der Waals surface area contributed by atoms with E-state index in [-0.39, 0.29) is 36.8 Å². The van der Waals surface area contributed by atoms with Gasteiger partial charge >= 0.3 is 0 Å². The fraction of sp³-hybridized carbons (Fsp3) is 0.333. The number of hydrogen-bond donors (Lipinski definition) is 2. The maximum atomic E-state index is 13.3. The van der Waals surface area contributed by atoms with Crippen LogP contribution >= 0.6 is 24.8 Å². The fourth-order valence-electron chi connectivity index (χ4n) is 4.71. The standard InChI is InChI=1S/C24H25N3O2.2ClH/c1-29-19-10-6-15(7-11-19)23-14-21(20-4-2-3-5-22(20)27-23)24(28)26-18-12-16-8-9-17(13-18)25-16;;/h2-7,10-11,14,16-18,25H,8-9,12-13H2,1H3,(H,26,28);2*1H. The Bertz CT molecular complexity index is 1050. The number of fused-ring (bicyclic) bond motifs is 3. The second-order valence-corrected chi connectivity index (χ2v) is 8.08. The molecule has 1 aromatic heterocycles. The van der Waals surface area contributed by atoms with Crippen LogP contribution in [0.15, 0.2) is 54.6 Å². The number of pyridine rings is 1. The summed E-state index contributed by atoms with van der Waals surface area (Å²) in [5.74, 6) is 0.790. The summed E-state index contributed by atoms with van der Waals surface area (Å²) in [5.41, 5.74) is 3.27. The fourth-order valence-corrected chi connectivity index (χ4v) is 4.71. The molecule has 2 aliphatic heterocycles. The largest absolute Gasteiger partial charge is 0.497 e. The topological polar surface area (TPSA) is 63.2 Å². The minimum absolute atomic E-state index is 0. The summed E-state index contributed by atoms with van der Waals surface area (Å²) < 4.78 is 5.25. The molecule has 2 fully saturated rings. The number of piperidine rings is 1. The van der Waals surface area contributed by atoms with Crippen molar-refractivity contribution in [3.63, 3.8) is 0 Å². The summed E-state index contributed by atoms with van der Waals surface area (Å²) in [6.07, 6.45) is 4.46. The number of benzene rings is 2. The zero-order chi connectivity index (χ0) is 19.8. The second-order valence-electron chi connectivity index (χ2n) is 8.08. The molecule has 7 heteroatoms. The van der Waals surface area contributed by atoms with Crippen LogP contribution in [0.5, 0.6) is 5.75 Å². The zero-order valence-electron chi connectivity index (χ0n) is 17.3. The van der Waals surface area contributed by atoms with Gasteiger partial charge in [-0.1, -0.05) is 18.2 Å². The predicted molar refractivity (Wildman–Crippen MR) is 129 cm³/mol. The van der Waals surface area contributed by atoms with Crippen molar-refractivity contribution in [2.24, 2.45) is 0 Å². The number of hydrogen-bond acceptors (Lipinski definition) is 4. The van der Waals surface area contributed by atoms with E-state index in [0.29, 0.717) is 17.6 Å². The van der Waals surface area contributed by atoms with Gasteiger partial charge in [-0.3, -0.25) is 4.79 Å². The Hall–Kier alpha value is -2.34. The van der Waals surface area contributed by atoms with Crippen LogP contribution in [0.2, 0.25) is 0 Å². The van der Waals surface area contributed by atoms with Crippen LogP contribution in [-0.2, 0) is 0 Å². The monoisotopic (exact) mass is 459 g/mol. The molecule has 0 saturated carbocycles. The van der Waals surface area contributed by atoms with Crippen molar-refractivity contribution >= 4 is 41.6 Å². The highest BCUT2D eigenvalue weighted by molar-refractivity contribution is 6.07. The lowest BCUT2D eigenvalue weighted by Crippen LogP contribution is -2.48. The highest BCUT2D eigenvalue weighted by Crippen LogP contribution is 2.29. The van der Waals surface area contributed by atoms with Gasteiger partial charge in [-0.05, 0) is 62.1 Å². The van der Waals surface area contributed by atoms with Crippen molar-refractivity contribution in [2.75, 3.05) is 7.11 Å². The highest BCUT2D eigenvalue weighted by Gasteiger charge is 2.34. The summed E-state index contributed by atoms with van der Waals surface area (Å²) >= 11 is 0. The minimum atomic E-state index is -0.00957. The van der Waals surface area contributed by atoms with E-state index >= 15 is 0 Å². The van der Waals surface area contributed by atoms with Gasteiger partial charge in [0.05, 0.1) is 23.9 Å². The van der Waals surface area contributed by atoms with Gasteiger partial charge in [0, 0.05) is 29.1 Å². The molecule has 2 unspecified atom stereocenters. The number of rotatable bonds is 4. The lowest BCUT2D eigenvalue weighted by Gasteiger charge is -2.29. The molecule has 2 saturated heterocycles. The molecule has 31 heavy (non-hydrogen) atoms. The van der Waals surface area contributed by atoms with Crippen LogP contribution in [-0.4, -0.2) is 36.1 Å². The molecular formula is C24H27Cl2N3O2. The van der Waals surface area contributed by atoms with E-state index in [0.717, 1.165) is 40.8 Å². The summed E-state index contributed by atoms with van der Waals surface area (Å²) in [7, 11) is 1.65. The molecule has 1 amide bonds. The van der Waals surface area contributed by atoms with Crippen LogP contribution in [0, 0.1) is 0 Å². The molecule has 5 rings (SSSR count). The Kier molecular flexibility index (Phi) is 7.42. The molecule has 2 aliphatic rings. The van der Waals surface area contributed by atoms with Gasteiger partial charge in [0.2, 0.25) is 0 Å². The van der Waals surface area contributed by atoms with E-state index < -0.39 is 0 Å². The molecule has 2 atom stereocenters. The van der Waals surface area contributed by atoms with Gasteiger partial charge in [0.25, 0.3) is 5.91 Å². The van der Waals surface area contributed by atoms with Gasteiger partial charge < -0.3 is 15.4 Å². The van der Waals surface area contributed by atoms with E-state index in [2.05, 4.69) is 10.6 Å². The number of ether oxygens (including phenoxy) is 1. The first-order chi connectivity index (χ1) is 14.2. The number of carbonyl (C=O) groups is 1.